The highest BCUT2D eigenvalue weighted by molar-refractivity contribution is 5.01. The lowest BCUT2D eigenvalue weighted by molar-refractivity contribution is -0.133. The maximum absolute atomic E-state index is 6.23. The van der Waals surface area contributed by atoms with E-state index in [2.05, 4.69) is 9.97 Å². The third-order valence-corrected chi connectivity index (χ3v) is 5.45. The lowest BCUT2D eigenvalue weighted by Crippen LogP contribution is -2.49. The van der Waals surface area contributed by atoms with E-state index in [-0.39, 0.29) is 0 Å². The Bertz CT molecular complexity index is 428. The Labute approximate surface area is 114 Å². The molecule has 4 aliphatic rings. The van der Waals surface area contributed by atoms with Crippen molar-refractivity contribution < 1.29 is 4.74 Å². The standard InChI is InChI=1S/C15H23N3O/c16-6-13-7-17-14(18-13)8-19-15-11-2-9-1-10(4-11)5-12(15)3-9/h7,9-12,15H,1-6,8,16H2,(H,17,18). The van der Waals surface area contributed by atoms with Gasteiger partial charge in [0.2, 0.25) is 0 Å². The van der Waals surface area contributed by atoms with Gasteiger partial charge in [0.25, 0.3) is 0 Å². The summed E-state index contributed by atoms with van der Waals surface area (Å²) in [5, 5.41) is 0. The molecule has 0 aromatic carbocycles. The van der Waals surface area contributed by atoms with Crippen LogP contribution < -0.4 is 5.73 Å². The second-order valence-electron chi connectivity index (χ2n) is 6.77. The van der Waals surface area contributed by atoms with Gasteiger partial charge in [-0.25, -0.2) is 4.98 Å². The van der Waals surface area contributed by atoms with Crippen molar-refractivity contribution in [1.82, 2.24) is 9.97 Å². The summed E-state index contributed by atoms with van der Waals surface area (Å²) in [5.74, 6) is 4.58. The highest BCUT2D eigenvalue weighted by Crippen LogP contribution is 2.54. The average molecular weight is 261 g/mol. The van der Waals surface area contributed by atoms with Crippen molar-refractivity contribution in [2.75, 3.05) is 0 Å². The minimum atomic E-state index is 0.485. The summed E-state index contributed by atoms with van der Waals surface area (Å²) in [7, 11) is 0. The van der Waals surface area contributed by atoms with Gasteiger partial charge in [-0.05, 0) is 55.8 Å². The van der Waals surface area contributed by atoms with E-state index in [1.165, 1.54) is 32.1 Å². The smallest absolute Gasteiger partial charge is 0.132 e. The number of aromatic nitrogens is 2. The van der Waals surface area contributed by atoms with E-state index in [0.29, 0.717) is 19.3 Å². The van der Waals surface area contributed by atoms with Crippen molar-refractivity contribution in [3.8, 4) is 0 Å². The highest BCUT2D eigenvalue weighted by Gasteiger charge is 2.48. The van der Waals surface area contributed by atoms with Crippen LogP contribution >= 0.6 is 0 Å². The van der Waals surface area contributed by atoms with Gasteiger partial charge in [0.05, 0.1) is 6.10 Å². The molecule has 0 unspecified atom stereocenters. The summed E-state index contributed by atoms with van der Waals surface area (Å²) < 4.78 is 6.23. The Morgan fingerprint density at radius 3 is 2.42 bits per heavy atom. The number of H-pyrrole nitrogens is 1. The van der Waals surface area contributed by atoms with Crippen LogP contribution in [-0.4, -0.2) is 16.1 Å². The second-order valence-corrected chi connectivity index (χ2v) is 6.77. The molecular formula is C15H23N3O. The zero-order chi connectivity index (χ0) is 12.8. The van der Waals surface area contributed by atoms with E-state index >= 15 is 0 Å². The average Bonchev–Trinajstić information content (AvgIpc) is 2.85. The molecule has 4 fully saturated rings. The van der Waals surface area contributed by atoms with E-state index in [9.17, 15) is 0 Å². The first-order valence-electron chi connectivity index (χ1n) is 7.66. The maximum Gasteiger partial charge on any atom is 0.132 e. The predicted octanol–water partition coefficient (Wildman–Crippen LogP) is 2.21. The molecule has 4 saturated carbocycles. The van der Waals surface area contributed by atoms with E-state index in [1.54, 1.807) is 0 Å². The van der Waals surface area contributed by atoms with Gasteiger partial charge >= 0.3 is 0 Å². The normalized spacial score (nSPS) is 39.9. The zero-order valence-electron chi connectivity index (χ0n) is 11.3. The van der Waals surface area contributed by atoms with Crippen LogP contribution in [0, 0.1) is 23.7 Å². The minimum absolute atomic E-state index is 0.485. The van der Waals surface area contributed by atoms with E-state index in [0.717, 1.165) is 35.2 Å². The van der Waals surface area contributed by atoms with Crippen molar-refractivity contribution in [2.45, 2.75) is 51.4 Å². The van der Waals surface area contributed by atoms with Gasteiger partial charge in [-0.15, -0.1) is 0 Å². The van der Waals surface area contributed by atoms with Crippen LogP contribution in [0.5, 0.6) is 0 Å². The van der Waals surface area contributed by atoms with Crippen molar-refractivity contribution in [3.05, 3.63) is 17.7 Å². The quantitative estimate of drug-likeness (QED) is 0.873. The second kappa shape index (κ2) is 4.60. The predicted molar refractivity (Wildman–Crippen MR) is 72.1 cm³/mol. The van der Waals surface area contributed by atoms with Crippen molar-refractivity contribution in [1.29, 1.82) is 0 Å². The lowest BCUT2D eigenvalue weighted by atomic mass is 9.55. The maximum atomic E-state index is 6.23. The van der Waals surface area contributed by atoms with Crippen LogP contribution in [0.2, 0.25) is 0 Å². The van der Waals surface area contributed by atoms with Gasteiger partial charge in [0.15, 0.2) is 0 Å². The van der Waals surface area contributed by atoms with E-state index < -0.39 is 0 Å². The van der Waals surface area contributed by atoms with Gasteiger partial charge in [0.1, 0.15) is 12.4 Å². The molecule has 0 aliphatic heterocycles. The lowest BCUT2D eigenvalue weighted by Gasteiger charge is -2.53. The summed E-state index contributed by atoms with van der Waals surface area (Å²) in [6, 6.07) is 0. The molecule has 4 heteroatoms. The fraction of sp³-hybridized carbons (Fsp3) is 0.800. The van der Waals surface area contributed by atoms with Crippen LogP contribution in [0.3, 0.4) is 0 Å². The van der Waals surface area contributed by atoms with Gasteiger partial charge in [-0.3, -0.25) is 0 Å². The Balaban J connectivity index is 1.40. The highest BCUT2D eigenvalue weighted by atomic mass is 16.5. The Morgan fingerprint density at radius 1 is 1.16 bits per heavy atom. The molecule has 1 aromatic heterocycles. The molecule has 0 atom stereocenters. The Hall–Kier alpha value is -0.870. The molecule has 0 radical (unpaired) electrons. The zero-order valence-corrected chi connectivity index (χ0v) is 11.3. The summed E-state index contributed by atoms with van der Waals surface area (Å²) in [6.07, 6.45) is 9.42. The monoisotopic (exact) mass is 261 g/mol. The summed E-state index contributed by atoms with van der Waals surface area (Å²) >= 11 is 0. The molecule has 1 heterocycles. The molecule has 19 heavy (non-hydrogen) atoms. The van der Waals surface area contributed by atoms with Crippen molar-refractivity contribution in [2.24, 2.45) is 29.4 Å². The van der Waals surface area contributed by atoms with Gasteiger partial charge in [-0.1, -0.05) is 0 Å². The SMILES string of the molecule is NCc1cnc(COC2C3CC4CC(C3)CC2C4)[nH]1. The number of imidazole rings is 1. The van der Waals surface area contributed by atoms with Crippen molar-refractivity contribution >= 4 is 0 Å². The summed E-state index contributed by atoms with van der Waals surface area (Å²) in [5.41, 5.74) is 6.57. The van der Waals surface area contributed by atoms with Crippen molar-refractivity contribution in [3.63, 3.8) is 0 Å². The Kier molecular flexibility index (Phi) is 2.88. The molecule has 104 valence electrons. The largest absolute Gasteiger partial charge is 0.370 e. The third-order valence-electron chi connectivity index (χ3n) is 5.45. The number of nitrogens with two attached hydrogens (primary N) is 1. The van der Waals surface area contributed by atoms with E-state index in [1.807, 2.05) is 6.20 Å². The Morgan fingerprint density at radius 2 is 1.84 bits per heavy atom. The molecule has 5 rings (SSSR count). The number of nitrogens with one attached hydrogen (secondary N) is 1. The number of aromatic amines is 1. The molecule has 1 aromatic rings. The van der Waals surface area contributed by atoms with Gasteiger partial charge in [-0.2, -0.15) is 0 Å². The van der Waals surface area contributed by atoms with Crippen LogP contribution in [0.25, 0.3) is 0 Å². The number of rotatable bonds is 4. The van der Waals surface area contributed by atoms with Crippen LogP contribution in [0.1, 0.15) is 43.6 Å². The molecule has 4 nitrogen and oxygen atoms in total. The van der Waals surface area contributed by atoms with Crippen LogP contribution in [-0.2, 0) is 17.9 Å². The minimum Gasteiger partial charge on any atom is -0.370 e. The van der Waals surface area contributed by atoms with Crippen LogP contribution in [0.4, 0.5) is 0 Å². The molecule has 3 N–H and O–H groups in total. The van der Waals surface area contributed by atoms with Gasteiger partial charge in [0, 0.05) is 18.4 Å². The third kappa shape index (κ3) is 2.11. The molecule has 0 saturated heterocycles. The van der Waals surface area contributed by atoms with Gasteiger partial charge < -0.3 is 15.5 Å². The first-order valence-corrected chi connectivity index (χ1v) is 7.66. The topological polar surface area (TPSA) is 63.9 Å². The molecule has 0 amide bonds. The summed E-state index contributed by atoms with van der Waals surface area (Å²) in [4.78, 5) is 7.55. The fourth-order valence-electron chi connectivity index (χ4n) is 4.91. The number of nitrogens with zero attached hydrogens (tertiary/aromatic N) is 1. The van der Waals surface area contributed by atoms with Crippen LogP contribution in [0.15, 0.2) is 6.20 Å². The number of hydrogen-bond donors (Lipinski definition) is 2. The van der Waals surface area contributed by atoms with E-state index in [4.69, 9.17) is 10.5 Å². The summed E-state index contributed by atoms with van der Waals surface area (Å²) in [6.45, 7) is 1.14. The first-order chi connectivity index (χ1) is 9.31. The number of hydrogen-bond acceptors (Lipinski definition) is 3. The molecule has 4 aliphatic carbocycles. The number of ether oxygens (including phenoxy) is 1. The fourth-order valence-corrected chi connectivity index (χ4v) is 4.91. The first kappa shape index (κ1) is 11.9. The molecule has 4 bridgehead atoms. The molecular weight excluding hydrogens is 238 g/mol. The molecule has 0 spiro atoms.